The summed E-state index contributed by atoms with van der Waals surface area (Å²) in [6, 6.07) is 25.6. The average Bonchev–Trinajstić information content (AvgIpc) is 3.46. The molecule has 1 spiro atoms. The Kier molecular flexibility index (Phi) is 8.10. The van der Waals surface area contributed by atoms with Crippen molar-refractivity contribution in [3.05, 3.63) is 107 Å². The van der Waals surface area contributed by atoms with Crippen LogP contribution in [0.2, 0.25) is 0 Å². The van der Waals surface area contributed by atoms with Crippen LogP contribution in [0, 0.1) is 0 Å². The molecule has 0 saturated heterocycles. The first-order valence-electron chi connectivity index (χ1n) is 13.9. The highest BCUT2D eigenvalue weighted by Gasteiger charge is 2.67. The number of hydrogen-bond donors (Lipinski definition) is 0. The van der Waals surface area contributed by atoms with E-state index in [-0.39, 0.29) is 31.0 Å². The second kappa shape index (κ2) is 11.9. The number of carbonyl (C=O) groups is 3. The van der Waals surface area contributed by atoms with E-state index >= 15 is 0 Å². The van der Waals surface area contributed by atoms with Gasteiger partial charge in [-0.1, -0.05) is 60.7 Å². The van der Waals surface area contributed by atoms with E-state index in [1.807, 2.05) is 60.7 Å². The Balaban J connectivity index is 1.80. The number of rotatable bonds is 9. The minimum absolute atomic E-state index is 0.0159. The molecule has 0 aromatic heterocycles. The third-order valence-corrected chi connectivity index (χ3v) is 7.57. The van der Waals surface area contributed by atoms with E-state index in [0.717, 1.165) is 5.56 Å². The third kappa shape index (κ3) is 4.70. The van der Waals surface area contributed by atoms with Crippen LogP contribution in [0.25, 0.3) is 0 Å². The summed E-state index contributed by atoms with van der Waals surface area (Å²) in [4.78, 5) is 44.2. The summed E-state index contributed by atoms with van der Waals surface area (Å²) in [5.41, 5.74) is 0.925. The lowest BCUT2D eigenvalue weighted by Crippen LogP contribution is -2.59. The number of esters is 2. The van der Waals surface area contributed by atoms with Gasteiger partial charge in [0.2, 0.25) is 0 Å². The van der Waals surface area contributed by atoms with Crippen molar-refractivity contribution < 1.29 is 28.6 Å². The van der Waals surface area contributed by atoms with Crippen molar-refractivity contribution >= 4 is 29.2 Å². The molecule has 0 bridgehead atoms. The zero-order chi connectivity index (χ0) is 29.9. The maximum Gasteiger partial charge on any atom is 0.355 e. The molecule has 2 atom stereocenters. The lowest BCUT2D eigenvalue weighted by Gasteiger charge is -2.40. The molecule has 2 aliphatic rings. The van der Waals surface area contributed by atoms with Gasteiger partial charge in [0.25, 0.3) is 5.91 Å². The van der Waals surface area contributed by atoms with Gasteiger partial charge in [-0.15, -0.1) is 0 Å². The van der Waals surface area contributed by atoms with Crippen LogP contribution in [0.4, 0.5) is 5.69 Å². The standard InChI is InChI=1S/C33H33N3O6/c1-5-41-30(37)27-28(24-13-9-7-10-14-24)33(22(3)34-36(32(33)39)25-15-11-8-12-16-25)35(29(27)31(38)42-6-2)21-23-17-19-26(40-4)20-18-23/h7-20,28H,5-6,21H2,1-4H3. The van der Waals surface area contributed by atoms with Crippen molar-refractivity contribution in [3.8, 4) is 5.75 Å². The van der Waals surface area contributed by atoms with Crippen LogP contribution in [0.15, 0.2) is 101 Å². The number of benzene rings is 3. The van der Waals surface area contributed by atoms with E-state index in [9.17, 15) is 14.4 Å². The monoisotopic (exact) mass is 567 g/mol. The van der Waals surface area contributed by atoms with Gasteiger partial charge in [0.15, 0.2) is 5.54 Å². The fourth-order valence-electron chi connectivity index (χ4n) is 5.81. The Morgan fingerprint density at radius 3 is 2.05 bits per heavy atom. The van der Waals surface area contributed by atoms with Gasteiger partial charge in [-0.05, 0) is 56.2 Å². The number of amides is 1. The molecule has 42 heavy (non-hydrogen) atoms. The molecule has 0 N–H and O–H groups in total. The number of nitrogens with zero attached hydrogens (tertiary/aromatic N) is 3. The summed E-state index contributed by atoms with van der Waals surface area (Å²) in [5.74, 6) is -2.05. The third-order valence-electron chi connectivity index (χ3n) is 7.57. The molecule has 1 amide bonds. The maximum absolute atomic E-state index is 14.9. The van der Waals surface area contributed by atoms with Crippen LogP contribution < -0.4 is 9.75 Å². The largest absolute Gasteiger partial charge is 0.497 e. The molecule has 0 fully saturated rings. The average molecular weight is 568 g/mol. The fourth-order valence-corrected chi connectivity index (χ4v) is 5.81. The number of hydrogen-bond acceptors (Lipinski definition) is 8. The molecule has 0 radical (unpaired) electrons. The summed E-state index contributed by atoms with van der Waals surface area (Å²) in [6.07, 6.45) is 0. The van der Waals surface area contributed by atoms with Gasteiger partial charge in [-0.3, -0.25) is 4.79 Å². The number of anilines is 1. The first-order valence-corrected chi connectivity index (χ1v) is 13.9. The van der Waals surface area contributed by atoms with E-state index in [1.165, 1.54) is 5.01 Å². The summed E-state index contributed by atoms with van der Waals surface area (Å²) >= 11 is 0. The first kappa shape index (κ1) is 28.6. The summed E-state index contributed by atoms with van der Waals surface area (Å²) in [5, 5.41) is 6.11. The molecule has 5 rings (SSSR count). The van der Waals surface area contributed by atoms with Crippen LogP contribution in [0.1, 0.15) is 37.8 Å². The van der Waals surface area contributed by atoms with E-state index in [2.05, 4.69) is 0 Å². The minimum atomic E-state index is -1.57. The van der Waals surface area contributed by atoms with Gasteiger partial charge >= 0.3 is 11.9 Å². The molecular weight excluding hydrogens is 534 g/mol. The second-order valence-corrected chi connectivity index (χ2v) is 9.89. The van der Waals surface area contributed by atoms with E-state index in [1.54, 1.807) is 57.0 Å². The summed E-state index contributed by atoms with van der Waals surface area (Å²) < 4.78 is 16.4. The molecule has 9 nitrogen and oxygen atoms in total. The molecule has 2 aliphatic heterocycles. The molecule has 0 aliphatic carbocycles. The smallest absolute Gasteiger partial charge is 0.355 e. The van der Waals surface area contributed by atoms with Crippen molar-refractivity contribution in [1.29, 1.82) is 0 Å². The number of hydrazone groups is 1. The molecule has 9 heteroatoms. The second-order valence-electron chi connectivity index (χ2n) is 9.89. The van der Waals surface area contributed by atoms with Gasteiger partial charge in [0.05, 0.1) is 43.2 Å². The molecule has 3 aromatic rings. The van der Waals surface area contributed by atoms with Crippen molar-refractivity contribution in [3.63, 3.8) is 0 Å². The minimum Gasteiger partial charge on any atom is -0.497 e. The number of para-hydroxylation sites is 1. The van der Waals surface area contributed by atoms with E-state index < -0.39 is 29.3 Å². The molecule has 216 valence electrons. The Labute approximate surface area is 245 Å². The van der Waals surface area contributed by atoms with Gasteiger partial charge in [-0.25, -0.2) is 9.59 Å². The van der Waals surface area contributed by atoms with Gasteiger partial charge in [0, 0.05) is 6.54 Å². The lowest BCUT2D eigenvalue weighted by atomic mass is 9.73. The molecule has 0 saturated carbocycles. The van der Waals surface area contributed by atoms with Crippen LogP contribution in [-0.2, 0) is 30.4 Å². The molecular formula is C33H33N3O6. The topological polar surface area (TPSA) is 97.7 Å². The predicted molar refractivity (Wildman–Crippen MR) is 158 cm³/mol. The highest BCUT2D eigenvalue weighted by molar-refractivity contribution is 6.26. The lowest BCUT2D eigenvalue weighted by molar-refractivity contribution is -0.143. The molecule has 2 heterocycles. The summed E-state index contributed by atoms with van der Waals surface area (Å²) in [6.45, 7) is 5.42. The Bertz CT molecular complexity index is 1530. The molecule has 2 unspecified atom stereocenters. The Morgan fingerprint density at radius 1 is 0.857 bits per heavy atom. The van der Waals surface area contributed by atoms with Crippen molar-refractivity contribution in [2.75, 3.05) is 25.3 Å². The zero-order valence-electron chi connectivity index (χ0n) is 24.1. The fraction of sp³-hybridized carbons (Fsp3) is 0.273. The number of carbonyl (C=O) groups excluding carboxylic acids is 3. The SMILES string of the molecule is CCOC(=O)C1=C(C(=O)OCC)N(Cc2ccc(OC)cc2)C2(C(=O)N(c3ccccc3)N=C2C)C1c1ccccc1. The van der Waals surface area contributed by atoms with Crippen LogP contribution in [0.5, 0.6) is 5.75 Å². The highest BCUT2D eigenvalue weighted by atomic mass is 16.5. The maximum atomic E-state index is 14.9. The van der Waals surface area contributed by atoms with Crippen molar-refractivity contribution in [1.82, 2.24) is 4.90 Å². The Morgan fingerprint density at radius 2 is 1.45 bits per heavy atom. The van der Waals surface area contributed by atoms with Crippen LogP contribution in [0.3, 0.4) is 0 Å². The first-order chi connectivity index (χ1) is 20.4. The van der Waals surface area contributed by atoms with Gasteiger partial charge < -0.3 is 19.1 Å². The number of methoxy groups -OCH3 is 1. The van der Waals surface area contributed by atoms with Crippen molar-refractivity contribution in [2.45, 2.75) is 38.8 Å². The van der Waals surface area contributed by atoms with E-state index in [4.69, 9.17) is 19.3 Å². The van der Waals surface area contributed by atoms with Crippen molar-refractivity contribution in [2.24, 2.45) is 5.10 Å². The van der Waals surface area contributed by atoms with Crippen LogP contribution in [-0.4, -0.2) is 54.3 Å². The highest BCUT2D eigenvalue weighted by Crippen LogP contribution is 2.53. The zero-order valence-corrected chi connectivity index (χ0v) is 24.1. The van der Waals surface area contributed by atoms with Gasteiger partial charge in [0.1, 0.15) is 11.4 Å². The Hall–Kier alpha value is -4.92. The van der Waals surface area contributed by atoms with E-state index in [0.29, 0.717) is 22.7 Å². The predicted octanol–water partition coefficient (Wildman–Crippen LogP) is 4.84. The normalized spacial score (nSPS) is 19.8. The number of ether oxygens (including phenoxy) is 3. The van der Waals surface area contributed by atoms with Gasteiger partial charge in [-0.2, -0.15) is 10.1 Å². The quantitative estimate of drug-likeness (QED) is 0.342. The molecule has 3 aromatic carbocycles. The van der Waals surface area contributed by atoms with Crippen LogP contribution >= 0.6 is 0 Å². The summed E-state index contributed by atoms with van der Waals surface area (Å²) in [7, 11) is 1.58.